The van der Waals surface area contributed by atoms with Crippen LogP contribution in [0.15, 0.2) is 52.1 Å². The smallest absolute Gasteiger partial charge is 0.251 e. The summed E-state index contributed by atoms with van der Waals surface area (Å²) in [4.78, 5) is 19.2. The number of guanidine groups is 1. The maximum absolute atomic E-state index is 12.3. The van der Waals surface area contributed by atoms with Crippen molar-refractivity contribution in [1.82, 2.24) is 15.5 Å². The van der Waals surface area contributed by atoms with Crippen LogP contribution in [-0.4, -0.2) is 42.4 Å². The van der Waals surface area contributed by atoms with Gasteiger partial charge < -0.3 is 20.8 Å². The zero-order valence-corrected chi connectivity index (χ0v) is 16.4. The highest BCUT2D eigenvalue weighted by Gasteiger charge is 2.22. The zero-order chi connectivity index (χ0) is 19.8. The molecule has 1 unspecified atom stereocenters. The maximum Gasteiger partial charge on any atom is 0.251 e. The summed E-state index contributed by atoms with van der Waals surface area (Å²) >= 11 is 0. The summed E-state index contributed by atoms with van der Waals surface area (Å²) in [6.45, 7) is 6.03. The second kappa shape index (κ2) is 9.94. The van der Waals surface area contributed by atoms with Crippen LogP contribution < -0.4 is 16.4 Å². The molecule has 1 aromatic carbocycles. The highest BCUT2D eigenvalue weighted by Crippen LogP contribution is 2.15. The summed E-state index contributed by atoms with van der Waals surface area (Å²) in [7, 11) is 0. The number of likely N-dealkylation sites (tertiary alicyclic amines) is 1. The quantitative estimate of drug-likeness (QED) is 0.479. The van der Waals surface area contributed by atoms with Crippen molar-refractivity contribution < 1.29 is 9.21 Å². The topological polar surface area (TPSA) is 95.9 Å². The van der Waals surface area contributed by atoms with E-state index in [-0.39, 0.29) is 5.91 Å². The third-order valence-corrected chi connectivity index (χ3v) is 5.05. The monoisotopic (exact) mass is 383 g/mol. The van der Waals surface area contributed by atoms with Crippen LogP contribution >= 0.6 is 0 Å². The molecular weight excluding hydrogens is 354 g/mol. The number of carbonyl (C=O) groups excluding carboxylic acids is 1. The third kappa shape index (κ3) is 5.60. The number of benzene rings is 1. The summed E-state index contributed by atoms with van der Waals surface area (Å²) in [5.74, 6) is 1.02. The van der Waals surface area contributed by atoms with Crippen LogP contribution in [0.1, 0.15) is 41.4 Å². The van der Waals surface area contributed by atoms with Crippen molar-refractivity contribution in [3.05, 3.63) is 59.5 Å². The number of hydrogen-bond donors (Lipinski definition) is 3. The van der Waals surface area contributed by atoms with Gasteiger partial charge in [-0.05, 0) is 55.8 Å². The minimum Gasteiger partial charge on any atom is -0.467 e. The van der Waals surface area contributed by atoms with Gasteiger partial charge in [0.2, 0.25) is 0 Å². The minimum atomic E-state index is -0.144. The van der Waals surface area contributed by atoms with Gasteiger partial charge in [0, 0.05) is 18.2 Å². The first-order valence-electron chi connectivity index (χ1n) is 9.83. The van der Waals surface area contributed by atoms with Gasteiger partial charge in [-0.25, -0.2) is 4.99 Å². The largest absolute Gasteiger partial charge is 0.467 e. The molecule has 3 rings (SSSR count). The first-order chi connectivity index (χ1) is 13.7. The van der Waals surface area contributed by atoms with Crippen molar-refractivity contribution in [2.45, 2.75) is 38.9 Å². The number of rotatable bonds is 8. The molecule has 0 radical (unpaired) electrons. The SMILES string of the molecule is CCN1CCCC1CNC(N)=NCc1cccc(C(=O)NCc2ccco2)c1. The second-order valence-electron chi connectivity index (χ2n) is 6.97. The molecule has 2 aromatic rings. The van der Waals surface area contributed by atoms with E-state index in [9.17, 15) is 4.79 Å². The second-order valence-corrected chi connectivity index (χ2v) is 6.97. The minimum absolute atomic E-state index is 0.144. The predicted molar refractivity (Wildman–Crippen MR) is 110 cm³/mol. The summed E-state index contributed by atoms with van der Waals surface area (Å²) in [6.07, 6.45) is 4.03. The average Bonchev–Trinajstić information content (AvgIpc) is 3.40. The van der Waals surface area contributed by atoms with Gasteiger partial charge in [0.15, 0.2) is 5.96 Å². The van der Waals surface area contributed by atoms with Gasteiger partial charge in [-0.15, -0.1) is 0 Å². The molecule has 28 heavy (non-hydrogen) atoms. The lowest BCUT2D eigenvalue weighted by molar-refractivity contribution is 0.0948. The highest BCUT2D eigenvalue weighted by molar-refractivity contribution is 5.94. The fourth-order valence-electron chi connectivity index (χ4n) is 3.49. The number of nitrogens with two attached hydrogens (primary N) is 1. The number of aliphatic imine (C=N–C) groups is 1. The van der Waals surface area contributed by atoms with E-state index >= 15 is 0 Å². The molecule has 0 spiro atoms. The molecule has 0 bridgehead atoms. The van der Waals surface area contributed by atoms with E-state index in [2.05, 4.69) is 27.4 Å². The first-order valence-corrected chi connectivity index (χ1v) is 9.83. The van der Waals surface area contributed by atoms with Crippen molar-refractivity contribution in [1.29, 1.82) is 0 Å². The van der Waals surface area contributed by atoms with E-state index in [1.807, 2.05) is 24.3 Å². The number of furan rings is 1. The van der Waals surface area contributed by atoms with Gasteiger partial charge >= 0.3 is 0 Å². The van der Waals surface area contributed by atoms with E-state index in [0.29, 0.717) is 30.7 Å². The van der Waals surface area contributed by atoms with Crippen molar-refractivity contribution in [2.24, 2.45) is 10.7 Å². The van der Waals surface area contributed by atoms with Crippen molar-refractivity contribution in [2.75, 3.05) is 19.6 Å². The third-order valence-electron chi connectivity index (χ3n) is 5.05. The molecule has 4 N–H and O–H groups in total. The highest BCUT2D eigenvalue weighted by atomic mass is 16.3. The Morgan fingerprint density at radius 1 is 1.32 bits per heavy atom. The molecule has 1 aliphatic heterocycles. The van der Waals surface area contributed by atoms with Crippen molar-refractivity contribution >= 4 is 11.9 Å². The standard InChI is InChI=1S/C21H29N5O2/c1-2-26-10-4-8-18(26)14-25-21(22)24-13-16-6-3-7-17(12-16)20(27)23-15-19-9-5-11-28-19/h3,5-7,9,11-12,18H,2,4,8,10,13-15H2,1H3,(H,23,27)(H3,22,24,25). The molecule has 1 atom stereocenters. The molecule has 1 amide bonds. The van der Waals surface area contributed by atoms with Crippen LogP contribution in [0.25, 0.3) is 0 Å². The Morgan fingerprint density at radius 3 is 3.00 bits per heavy atom. The van der Waals surface area contributed by atoms with Crippen LogP contribution in [0, 0.1) is 0 Å². The molecule has 150 valence electrons. The predicted octanol–water partition coefficient (Wildman–Crippen LogP) is 2.10. The van der Waals surface area contributed by atoms with Gasteiger partial charge in [0.1, 0.15) is 5.76 Å². The first kappa shape index (κ1) is 19.9. The Morgan fingerprint density at radius 2 is 2.21 bits per heavy atom. The van der Waals surface area contributed by atoms with Crippen molar-refractivity contribution in [3.63, 3.8) is 0 Å². The zero-order valence-electron chi connectivity index (χ0n) is 16.4. The van der Waals surface area contributed by atoms with Crippen molar-refractivity contribution in [3.8, 4) is 0 Å². The number of carbonyl (C=O) groups is 1. The Hall–Kier alpha value is -2.80. The molecule has 1 fully saturated rings. The molecule has 0 aliphatic carbocycles. The summed E-state index contributed by atoms with van der Waals surface area (Å²) in [5.41, 5.74) is 7.55. The number of likely N-dealkylation sites (N-methyl/N-ethyl adjacent to an activating group) is 1. The number of hydrogen-bond acceptors (Lipinski definition) is 4. The molecule has 7 heteroatoms. The molecule has 0 saturated carbocycles. The lowest BCUT2D eigenvalue weighted by atomic mass is 10.1. The summed E-state index contributed by atoms with van der Waals surface area (Å²) in [5, 5.41) is 6.07. The average molecular weight is 383 g/mol. The van der Waals surface area contributed by atoms with E-state index in [0.717, 1.165) is 31.0 Å². The van der Waals surface area contributed by atoms with Crippen LogP contribution in [0.3, 0.4) is 0 Å². The van der Waals surface area contributed by atoms with E-state index < -0.39 is 0 Å². The Balaban J connectivity index is 1.49. The van der Waals surface area contributed by atoms with Gasteiger partial charge in [-0.3, -0.25) is 9.69 Å². The Labute approximate surface area is 166 Å². The summed E-state index contributed by atoms with van der Waals surface area (Å²) in [6, 6.07) is 11.6. The molecule has 1 saturated heterocycles. The van der Waals surface area contributed by atoms with Gasteiger partial charge in [0.05, 0.1) is 19.4 Å². The van der Waals surface area contributed by atoms with Crippen LogP contribution in [0.4, 0.5) is 0 Å². The lowest BCUT2D eigenvalue weighted by Gasteiger charge is -2.23. The maximum atomic E-state index is 12.3. The van der Waals surface area contributed by atoms with Crippen LogP contribution in [0.2, 0.25) is 0 Å². The Kier molecular flexibility index (Phi) is 7.08. The fraction of sp³-hybridized carbons (Fsp3) is 0.429. The van der Waals surface area contributed by atoms with Crippen LogP contribution in [0.5, 0.6) is 0 Å². The normalized spacial score (nSPS) is 17.6. The Bertz CT molecular complexity index is 788. The van der Waals surface area contributed by atoms with Gasteiger partial charge in [-0.1, -0.05) is 19.1 Å². The molecule has 1 aromatic heterocycles. The lowest BCUT2D eigenvalue weighted by Crippen LogP contribution is -2.42. The molecular formula is C21H29N5O2. The van der Waals surface area contributed by atoms with E-state index in [4.69, 9.17) is 10.2 Å². The number of nitrogens with zero attached hydrogens (tertiary/aromatic N) is 2. The molecule has 7 nitrogen and oxygen atoms in total. The molecule has 2 heterocycles. The van der Waals surface area contributed by atoms with E-state index in [1.54, 1.807) is 18.4 Å². The van der Waals surface area contributed by atoms with Gasteiger partial charge in [-0.2, -0.15) is 0 Å². The molecule has 1 aliphatic rings. The van der Waals surface area contributed by atoms with Gasteiger partial charge in [0.25, 0.3) is 5.91 Å². The van der Waals surface area contributed by atoms with E-state index in [1.165, 1.54) is 12.8 Å². The fourth-order valence-corrected chi connectivity index (χ4v) is 3.49. The summed E-state index contributed by atoms with van der Waals surface area (Å²) < 4.78 is 5.23. The number of nitrogens with one attached hydrogen (secondary N) is 2. The number of amides is 1. The van der Waals surface area contributed by atoms with Crippen LogP contribution in [-0.2, 0) is 13.1 Å².